The Labute approximate surface area is 274 Å². The number of ether oxygens (including phenoxy) is 6. The van der Waals surface area contributed by atoms with Crippen molar-refractivity contribution in [3.63, 3.8) is 0 Å². The quantitative estimate of drug-likeness (QED) is 0.157. The molecule has 0 saturated carbocycles. The molecule has 0 saturated heterocycles. The van der Waals surface area contributed by atoms with Crippen LogP contribution >= 0.6 is 0 Å². The van der Waals surface area contributed by atoms with E-state index in [0.717, 1.165) is 11.1 Å². The number of hydrogen-bond acceptors (Lipinski definition) is 10. The molecule has 2 N–H and O–H groups in total. The topological polar surface area (TPSA) is 130 Å². The lowest BCUT2D eigenvalue weighted by atomic mass is 9.78. The summed E-state index contributed by atoms with van der Waals surface area (Å²) in [4.78, 5) is 23.1. The van der Waals surface area contributed by atoms with E-state index >= 15 is 0 Å². The van der Waals surface area contributed by atoms with E-state index < -0.39 is 24.1 Å². The Kier molecular flexibility index (Phi) is 12.2. The summed E-state index contributed by atoms with van der Waals surface area (Å²) in [6.07, 6.45) is -1.71. The number of rotatable bonds is 16. The van der Waals surface area contributed by atoms with Crippen molar-refractivity contribution in [1.29, 1.82) is 0 Å². The van der Waals surface area contributed by atoms with Gasteiger partial charge in [0.1, 0.15) is 61.6 Å². The molecule has 47 heavy (non-hydrogen) atoms. The minimum absolute atomic E-state index is 0.0310. The highest BCUT2D eigenvalue weighted by Gasteiger charge is 2.23. The Bertz CT molecular complexity index is 1440. The number of methoxy groups -OCH3 is 2. The van der Waals surface area contributed by atoms with Crippen LogP contribution in [0.2, 0.25) is 0 Å². The number of aliphatic hydroxyl groups is 2. The zero-order chi connectivity index (χ0) is 33.8. The summed E-state index contributed by atoms with van der Waals surface area (Å²) in [5.41, 5.74) is 2.67. The van der Waals surface area contributed by atoms with Gasteiger partial charge in [0.2, 0.25) is 0 Å². The van der Waals surface area contributed by atoms with E-state index in [9.17, 15) is 19.8 Å². The maximum Gasteiger partial charge on any atom is 0.337 e. The first kappa shape index (κ1) is 34.8. The fourth-order valence-corrected chi connectivity index (χ4v) is 4.58. The molecule has 4 rings (SSSR count). The van der Waals surface area contributed by atoms with Gasteiger partial charge in [0.25, 0.3) is 0 Å². The van der Waals surface area contributed by atoms with E-state index in [1.807, 2.05) is 48.5 Å². The zero-order valence-electron chi connectivity index (χ0n) is 26.9. The summed E-state index contributed by atoms with van der Waals surface area (Å²) >= 11 is 0. The predicted octanol–water partition coefficient (Wildman–Crippen LogP) is 5.22. The molecule has 0 bridgehead atoms. The van der Waals surface area contributed by atoms with Gasteiger partial charge in [-0.15, -0.1) is 0 Å². The average Bonchev–Trinajstić information content (AvgIpc) is 3.11. The molecule has 0 aromatic heterocycles. The number of aliphatic hydroxyl groups excluding tert-OH is 2. The zero-order valence-corrected chi connectivity index (χ0v) is 26.9. The Morgan fingerprint density at radius 3 is 1.02 bits per heavy atom. The summed E-state index contributed by atoms with van der Waals surface area (Å²) in [5.74, 6) is 1.43. The third-order valence-corrected chi connectivity index (χ3v) is 7.47. The molecule has 4 aromatic rings. The molecule has 0 fully saturated rings. The normalized spacial score (nSPS) is 12.4. The van der Waals surface area contributed by atoms with Crippen molar-refractivity contribution in [2.45, 2.75) is 31.5 Å². The number of carbonyl (C=O) groups is 2. The van der Waals surface area contributed by atoms with E-state index in [1.54, 1.807) is 48.5 Å². The summed E-state index contributed by atoms with van der Waals surface area (Å²) in [7, 11) is 2.64. The Balaban J connectivity index is 1.20. The monoisotopic (exact) mass is 644 g/mol. The van der Waals surface area contributed by atoms with E-state index in [-0.39, 0.29) is 31.8 Å². The lowest BCUT2D eigenvalue weighted by molar-refractivity contribution is 0.0590. The second-order valence-electron chi connectivity index (χ2n) is 11.3. The Morgan fingerprint density at radius 1 is 0.511 bits per heavy atom. The van der Waals surface area contributed by atoms with Crippen LogP contribution in [-0.2, 0) is 14.9 Å². The predicted molar refractivity (Wildman–Crippen MR) is 175 cm³/mol. The van der Waals surface area contributed by atoms with Gasteiger partial charge in [-0.25, -0.2) is 9.59 Å². The third kappa shape index (κ3) is 9.96. The number of hydrogen-bond donors (Lipinski definition) is 2. The van der Waals surface area contributed by atoms with Crippen molar-refractivity contribution in [2.24, 2.45) is 0 Å². The van der Waals surface area contributed by atoms with E-state index in [0.29, 0.717) is 34.1 Å². The van der Waals surface area contributed by atoms with Gasteiger partial charge in [-0.05, 0) is 83.9 Å². The van der Waals surface area contributed by atoms with E-state index in [4.69, 9.17) is 18.9 Å². The molecule has 2 unspecified atom stereocenters. The van der Waals surface area contributed by atoms with Crippen molar-refractivity contribution >= 4 is 11.9 Å². The lowest BCUT2D eigenvalue weighted by Crippen LogP contribution is -2.25. The van der Waals surface area contributed by atoms with Crippen molar-refractivity contribution in [2.75, 3.05) is 40.6 Å². The van der Waals surface area contributed by atoms with Crippen LogP contribution in [0.3, 0.4) is 0 Å². The molecule has 4 aromatic carbocycles. The maximum absolute atomic E-state index is 11.5. The fourth-order valence-electron chi connectivity index (χ4n) is 4.58. The van der Waals surface area contributed by atoms with Crippen LogP contribution in [0.4, 0.5) is 0 Å². The minimum Gasteiger partial charge on any atom is -0.491 e. The van der Waals surface area contributed by atoms with Crippen molar-refractivity contribution in [3.8, 4) is 23.0 Å². The average molecular weight is 645 g/mol. The highest BCUT2D eigenvalue weighted by molar-refractivity contribution is 5.89. The highest BCUT2D eigenvalue weighted by Crippen LogP contribution is 2.33. The third-order valence-electron chi connectivity index (χ3n) is 7.47. The van der Waals surface area contributed by atoms with Gasteiger partial charge in [-0.3, -0.25) is 0 Å². The molecule has 2 atom stereocenters. The van der Waals surface area contributed by atoms with Crippen LogP contribution in [-0.4, -0.2) is 75.0 Å². The van der Waals surface area contributed by atoms with Gasteiger partial charge in [-0.1, -0.05) is 38.1 Å². The summed E-state index contributed by atoms with van der Waals surface area (Å²) in [5, 5.41) is 20.6. The summed E-state index contributed by atoms with van der Waals surface area (Å²) in [6, 6.07) is 28.4. The number of carbonyl (C=O) groups excluding carboxylic acids is 2. The van der Waals surface area contributed by atoms with E-state index in [2.05, 4.69) is 23.3 Å². The molecule has 10 nitrogen and oxygen atoms in total. The molecular formula is C37H40O10. The molecule has 248 valence electrons. The molecule has 0 aliphatic carbocycles. The molecule has 0 amide bonds. The smallest absolute Gasteiger partial charge is 0.337 e. The largest absolute Gasteiger partial charge is 0.491 e. The van der Waals surface area contributed by atoms with Crippen LogP contribution in [0.25, 0.3) is 0 Å². The first-order chi connectivity index (χ1) is 22.6. The SMILES string of the molecule is COC(=O)c1ccc(OCC(O)COc2ccc(C(C)(C)c3ccc(OCC(O)COc4ccc(C(=O)OC)cc4)cc3)cc2)cc1. The Morgan fingerprint density at radius 2 is 0.766 bits per heavy atom. The van der Waals surface area contributed by atoms with Gasteiger partial charge in [0, 0.05) is 5.41 Å². The summed E-state index contributed by atoms with van der Waals surface area (Å²) < 4.78 is 32.1. The molecule has 0 spiro atoms. The van der Waals surface area contributed by atoms with Gasteiger partial charge >= 0.3 is 11.9 Å². The van der Waals surface area contributed by atoms with Crippen molar-refractivity contribution in [3.05, 3.63) is 119 Å². The number of benzene rings is 4. The Hall–Kier alpha value is -5.06. The van der Waals surface area contributed by atoms with Crippen LogP contribution < -0.4 is 18.9 Å². The van der Waals surface area contributed by atoms with Crippen LogP contribution in [0.15, 0.2) is 97.1 Å². The fraction of sp³-hybridized carbons (Fsp3) is 0.297. The minimum atomic E-state index is -0.854. The molecule has 10 heteroatoms. The lowest BCUT2D eigenvalue weighted by Gasteiger charge is -2.26. The standard InChI is InChI=1S/C37H40O10/c1-37(2,27-9-17-33(18-10-27)46-23-29(38)21-44-31-13-5-25(6-14-31)35(40)42-3)28-11-19-34(20-12-28)47-24-30(39)22-45-32-15-7-26(8-16-32)36(41)43-4/h5-20,29-30,38-39H,21-24H2,1-4H3. The second-order valence-corrected chi connectivity index (χ2v) is 11.3. The van der Waals surface area contributed by atoms with Crippen LogP contribution in [0.5, 0.6) is 23.0 Å². The van der Waals surface area contributed by atoms with E-state index in [1.165, 1.54) is 14.2 Å². The van der Waals surface area contributed by atoms with Gasteiger partial charge in [-0.2, -0.15) is 0 Å². The first-order valence-corrected chi connectivity index (χ1v) is 15.0. The summed E-state index contributed by atoms with van der Waals surface area (Å²) in [6.45, 7) is 4.41. The van der Waals surface area contributed by atoms with Crippen molar-refractivity contribution in [1.82, 2.24) is 0 Å². The van der Waals surface area contributed by atoms with Crippen molar-refractivity contribution < 1.29 is 48.2 Å². The molecule has 0 radical (unpaired) electrons. The first-order valence-electron chi connectivity index (χ1n) is 15.0. The maximum atomic E-state index is 11.5. The molecule has 0 aliphatic heterocycles. The van der Waals surface area contributed by atoms with Gasteiger partial charge in [0.05, 0.1) is 25.3 Å². The molecular weight excluding hydrogens is 604 g/mol. The van der Waals surface area contributed by atoms with Crippen LogP contribution in [0.1, 0.15) is 45.7 Å². The number of esters is 2. The molecule has 0 aliphatic rings. The van der Waals surface area contributed by atoms with Gasteiger partial charge in [0.15, 0.2) is 0 Å². The highest BCUT2D eigenvalue weighted by atomic mass is 16.5. The van der Waals surface area contributed by atoms with Gasteiger partial charge < -0.3 is 38.6 Å². The van der Waals surface area contributed by atoms with Crippen LogP contribution in [0, 0.1) is 0 Å². The second kappa shape index (κ2) is 16.5. The molecule has 0 heterocycles.